The zero-order valence-corrected chi connectivity index (χ0v) is 9.99. The first kappa shape index (κ1) is 12.5. The molecule has 4 nitrogen and oxygen atoms in total. The van der Waals surface area contributed by atoms with Gasteiger partial charge in [0.15, 0.2) is 0 Å². The van der Waals surface area contributed by atoms with Gasteiger partial charge in [-0.05, 0) is 40.5 Å². The molecule has 0 aromatic carbocycles. The fourth-order valence-electron chi connectivity index (χ4n) is 1.79. The highest BCUT2D eigenvalue weighted by molar-refractivity contribution is 5.73. The van der Waals surface area contributed by atoms with E-state index in [4.69, 9.17) is 9.84 Å². The quantitative estimate of drug-likeness (QED) is 0.778. The Hall–Kier alpha value is -0.610. The molecule has 1 saturated heterocycles. The molecule has 1 N–H and O–H groups in total. The first-order valence-electron chi connectivity index (χ1n) is 5.44. The van der Waals surface area contributed by atoms with E-state index < -0.39 is 5.97 Å². The Labute approximate surface area is 91.2 Å². The van der Waals surface area contributed by atoms with Crippen LogP contribution in [0.1, 0.15) is 40.5 Å². The Morgan fingerprint density at radius 2 is 2.07 bits per heavy atom. The summed E-state index contributed by atoms with van der Waals surface area (Å²) in [6.45, 7) is 8.38. The maximum Gasteiger partial charge on any atom is 0.320 e. The molecule has 0 spiro atoms. The van der Waals surface area contributed by atoms with E-state index in [1.165, 1.54) is 0 Å². The number of likely N-dealkylation sites (tertiary alicyclic amines) is 1. The van der Waals surface area contributed by atoms with Gasteiger partial charge in [-0.2, -0.15) is 0 Å². The van der Waals surface area contributed by atoms with Crippen LogP contribution in [-0.4, -0.2) is 40.4 Å². The van der Waals surface area contributed by atoms with Crippen LogP contribution in [0, 0.1) is 0 Å². The summed E-state index contributed by atoms with van der Waals surface area (Å²) in [7, 11) is 0. The highest BCUT2D eigenvalue weighted by atomic mass is 16.5. The van der Waals surface area contributed by atoms with Crippen LogP contribution < -0.4 is 0 Å². The van der Waals surface area contributed by atoms with Crippen LogP contribution in [0.25, 0.3) is 0 Å². The van der Waals surface area contributed by atoms with Crippen molar-refractivity contribution in [3.8, 4) is 0 Å². The van der Waals surface area contributed by atoms with Crippen LogP contribution in [-0.2, 0) is 9.53 Å². The molecule has 1 aliphatic heterocycles. The summed E-state index contributed by atoms with van der Waals surface area (Å²) in [6.07, 6.45) is 1.66. The fraction of sp³-hybridized carbons (Fsp3) is 0.909. The van der Waals surface area contributed by atoms with Gasteiger partial charge < -0.3 is 9.84 Å². The molecule has 1 aliphatic rings. The molecular weight excluding hydrogens is 194 g/mol. The van der Waals surface area contributed by atoms with Crippen LogP contribution in [0.4, 0.5) is 0 Å². The van der Waals surface area contributed by atoms with Crippen LogP contribution in [0.3, 0.4) is 0 Å². The van der Waals surface area contributed by atoms with Gasteiger partial charge >= 0.3 is 5.97 Å². The highest BCUT2D eigenvalue weighted by Gasteiger charge is 2.36. The van der Waals surface area contributed by atoms with E-state index in [9.17, 15) is 4.79 Å². The zero-order chi connectivity index (χ0) is 11.6. The van der Waals surface area contributed by atoms with Gasteiger partial charge in [-0.15, -0.1) is 0 Å². The summed E-state index contributed by atoms with van der Waals surface area (Å²) in [6, 6.07) is -0.0733. The topological polar surface area (TPSA) is 49.8 Å². The van der Waals surface area contributed by atoms with E-state index in [0.717, 1.165) is 12.8 Å². The molecule has 0 unspecified atom stereocenters. The van der Waals surface area contributed by atoms with Crippen LogP contribution in [0.2, 0.25) is 0 Å². The number of rotatable bonds is 3. The van der Waals surface area contributed by atoms with Crippen LogP contribution in [0.5, 0.6) is 0 Å². The average Bonchev–Trinajstić information content (AvgIpc) is 2.42. The second-order valence-corrected chi connectivity index (χ2v) is 5.18. The summed E-state index contributed by atoms with van der Waals surface area (Å²) in [5.41, 5.74) is -0.217. The van der Waals surface area contributed by atoms with Gasteiger partial charge in [-0.25, -0.2) is 0 Å². The van der Waals surface area contributed by atoms with Gasteiger partial charge in [-0.1, -0.05) is 0 Å². The molecule has 1 fully saturated rings. The average molecular weight is 215 g/mol. The van der Waals surface area contributed by atoms with Crippen molar-refractivity contribution in [1.29, 1.82) is 0 Å². The van der Waals surface area contributed by atoms with E-state index in [1.807, 2.05) is 25.7 Å². The summed E-state index contributed by atoms with van der Waals surface area (Å²) >= 11 is 0. The first-order chi connectivity index (χ1) is 6.81. The van der Waals surface area contributed by atoms with Crippen molar-refractivity contribution in [1.82, 2.24) is 4.90 Å². The molecule has 2 atom stereocenters. The molecule has 0 aliphatic carbocycles. The maximum absolute atomic E-state index is 11.0. The van der Waals surface area contributed by atoms with E-state index in [0.29, 0.717) is 12.8 Å². The Balaban J connectivity index is 2.53. The lowest BCUT2D eigenvalue weighted by Gasteiger charge is -2.29. The van der Waals surface area contributed by atoms with Crippen molar-refractivity contribution >= 4 is 5.97 Å². The third-order valence-corrected chi connectivity index (χ3v) is 2.76. The predicted octanol–water partition coefficient (Wildman–Crippen LogP) is 1.70. The van der Waals surface area contributed by atoms with Gasteiger partial charge in [0.05, 0.1) is 5.60 Å². The van der Waals surface area contributed by atoms with E-state index in [1.54, 1.807) is 0 Å². The van der Waals surface area contributed by atoms with Crippen molar-refractivity contribution in [2.75, 3.05) is 6.73 Å². The van der Waals surface area contributed by atoms with Crippen molar-refractivity contribution < 1.29 is 14.6 Å². The lowest BCUT2D eigenvalue weighted by molar-refractivity contribution is -0.148. The number of carbonyl (C=O) groups is 1. The number of hydrogen-bond acceptors (Lipinski definition) is 3. The third kappa shape index (κ3) is 3.47. The first-order valence-corrected chi connectivity index (χ1v) is 5.44. The lowest BCUT2D eigenvalue weighted by atomic mass is 10.2. The van der Waals surface area contributed by atoms with E-state index in [2.05, 4.69) is 6.92 Å². The van der Waals surface area contributed by atoms with Gasteiger partial charge in [0.25, 0.3) is 0 Å². The standard InChI is InChI=1S/C11H21NO3/c1-8-5-6-9(10(13)14)12(8)7-15-11(2,3)4/h8-9H,5-7H2,1-4H3,(H,13,14)/t8-,9-/m0/s1. The van der Waals surface area contributed by atoms with Crippen LogP contribution in [0.15, 0.2) is 0 Å². The Morgan fingerprint density at radius 1 is 1.47 bits per heavy atom. The molecule has 0 amide bonds. The smallest absolute Gasteiger partial charge is 0.320 e. The summed E-state index contributed by atoms with van der Waals surface area (Å²) < 4.78 is 5.63. The molecule has 0 saturated carbocycles. The largest absolute Gasteiger partial charge is 0.480 e. The Morgan fingerprint density at radius 3 is 2.53 bits per heavy atom. The normalized spacial score (nSPS) is 28.3. The molecule has 0 radical (unpaired) electrons. The van der Waals surface area contributed by atoms with Gasteiger partial charge in [0, 0.05) is 6.04 Å². The highest BCUT2D eigenvalue weighted by Crippen LogP contribution is 2.24. The van der Waals surface area contributed by atoms with Crippen molar-refractivity contribution in [2.45, 2.75) is 58.2 Å². The fourth-order valence-corrected chi connectivity index (χ4v) is 1.79. The number of ether oxygens (including phenoxy) is 1. The maximum atomic E-state index is 11.0. The van der Waals surface area contributed by atoms with Crippen molar-refractivity contribution in [2.24, 2.45) is 0 Å². The number of carboxylic acids is 1. The second kappa shape index (κ2) is 4.49. The summed E-state index contributed by atoms with van der Waals surface area (Å²) in [5, 5.41) is 9.03. The minimum Gasteiger partial charge on any atom is -0.480 e. The molecule has 0 aromatic heterocycles. The minimum absolute atomic E-state index is 0.217. The summed E-state index contributed by atoms with van der Waals surface area (Å²) in [5.74, 6) is -0.739. The molecular formula is C11H21NO3. The molecule has 1 heterocycles. The van der Waals surface area contributed by atoms with Gasteiger partial charge in [-0.3, -0.25) is 9.69 Å². The SMILES string of the molecule is C[C@H]1CC[C@@H](C(=O)O)N1COC(C)(C)C. The molecule has 4 heteroatoms. The minimum atomic E-state index is -0.739. The molecule has 88 valence electrons. The monoisotopic (exact) mass is 215 g/mol. The number of hydrogen-bond donors (Lipinski definition) is 1. The Bertz CT molecular complexity index is 234. The van der Waals surface area contributed by atoms with Gasteiger partial charge in [0.2, 0.25) is 0 Å². The van der Waals surface area contributed by atoms with Crippen LogP contribution >= 0.6 is 0 Å². The summed E-state index contributed by atoms with van der Waals surface area (Å²) in [4.78, 5) is 12.9. The molecule has 0 bridgehead atoms. The van der Waals surface area contributed by atoms with Gasteiger partial charge in [0.1, 0.15) is 12.8 Å². The second-order valence-electron chi connectivity index (χ2n) is 5.18. The Kier molecular flexibility index (Phi) is 3.73. The molecule has 0 aromatic rings. The lowest BCUT2D eigenvalue weighted by Crippen LogP contribution is -2.42. The molecule has 15 heavy (non-hydrogen) atoms. The molecule has 1 rings (SSSR count). The van der Waals surface area contributed by atoms with E-state index >= 15 is 0 Å². The zero-order valence-electron chi connectivity index (χ0n) is 9.99. The number of aliphatic carboxylic acids is 1. The number of nitrogens with zero attached hydrogens (tertiary/aromatic N) is 1. The third-order valence-electron chi connectivity index (χ3n) is 2.76. The van der Waals surface area contributed by atoms with E-state index in [-0.39, 0.29) is 11.6 Å². The van der Waals surface area contributed by atoms with Crippen molar-refractivity contribution in [3.05, 3.63) is 0 Å². The number of carboxylic acid groups (broad SMARTS) is 1. The van der Waals surface area contributed by atoms with Crippen molar-refractivity contribution in [3.63, 3.8) is 0 Å². The predicted molar refractivity (Wildman–Crippen MR) is 57.7 cm³/mol.